The van der Waals surface area contributed by atoms with Crippen LogP contribution in [0.15, 0.2) is 0 Å². The Kier molecular flexibility index (Phi) is 8.09. The number of carboxylic acids is 1. The van der Waals surface area contributed by atoms with Gasteiger partial charge in [-0.15, -0.1) is 0 Å². The third-order valence-corrected chi connectivity index (χ3v) is 2.48. The van der Waals surface area contributed by atoms with Gasteiger partial charge in [0.1, 0.15) is 0 Å². The summed E-state index contributed by atoms with van der Waals surface area (Å²) in [5, 5.41) is 14.0. The lowest BCUT2D eigenvalue weighted by molar-refractivity contribution is -0.146. The highest BCUT2D eigenvalue weighted by Crippen LogP contribution is 2.12. The monoisotopic (exact) mass is 275 g/mol. The molecule has 19 heavy (non-hydrogen) atoms. The molecule has 0 radical (unpaired) electrons. The molecule has 0 aromatic heterocycles. The Balaban J connectivity index is 3.58. The number of hydrogen-bond acceptors (Lipinski definition) is 4. The molecule has 0 unspecified atom stereocenters. The Morgan fingerprint density at radius 2 is 1.84 bits per heavy atom. The number of ether oxygens (including phenoxy) is 1. The first kappa shape index (κ1) is 17.7. The third kappa shape index (κ3) is 9.26. The maximum atomic E-state index is 11.4. The highest BCUT2D eigenvalue weighted by molar-refractivity contribution is 5.77. The SMILES string of the molecule is CN(C)CCOCCNC(=O)NCC(C)(C)C(=O)O. The number of likely N-dealkylation sites (N-methyl/N-ethyl adjacent to an activating group) is 1. The van der Waals surface area contributed by atoms with Crippen molar-refractivity contribution in [3.05, 3.63) is 0 Å². The van der Waals surface area contributed by atoms with Crippen LogP contribution in [0.4, 0.5) is 4.79 Å². The van der Waals surface area contributed by atoms with Crippen LogP contribution >= 0.6 is 0 Å². The normalized spacial score (nSPS) is 11.4. The second-order valence-electron chi connectivity index (χ2n) is 5.21. The van der Waals surface area contributed by atoms with Gasteiger partial charge in [-0.25, -0.2) is 4.79 Å². The maximum Gasteiger partial charge on any atom is 0.314 e. The van der Waals surface area contributed by atoms with Crippen molar-refractivity contribution in [1.82, 2.24) is 15.5 Å². The average molecular weight is 275 g/mol. The predicted octanol–water partition coefficient (Wildman–Crippen LogP) is -0.0254. The van der Waals surface area contributed by atoms with E-state index in [0.717, 1.165) is 6.54 Å². The minimum absolute atomic E-state index is 0.0790. The molecule has 0 saturated carbocycles. The van der Waals surface area contributed by atoms with Gasteiger partial charge < -0.3 is 25.4 Å². The van der Waals surface area contributed by atoms with Gasteiger partial charge in [-0.2, -0.15) is 0 Å². The molecule has 0 aliphatic heterocycles. The summed E-state index contributed by atoms with van der Waals surface area (Å²) in [5.74, 6) is -0.945. The number of nitrogens with one attached hydrogen (secondary N) is 2. The second-order valence-corrected chi connectivity index (χ2v) is 5.21. The van der Waals surface area contributed by atoms with Crippen molar-refractivity contribution < 1.29 is 19.4 Å². The molecule has 0 aromatic rings. The van der Waals surface area contributed by atoms with Crippen molar-refractivity contribution in [3.63, 3.8) is 0 Å². The first-order valence-electron chi connectivity index (χ1n) is 6.23. The molecule has 0 bridgehead atoms. The van der Waals surface area contributed by atoms with Crippen LogP contribution in [0.5, 0.6) is 0 Å². The van der Waals surface area contributed by atoms with Crippen LogP contribution < -0.4 is 10.6 Å². The van der Waals surface area contributed by atoms with Crippen molar-refractivity contribution in [2.45, 2.75) is 13.8 Å². The van der Waals surface area contributed by atoms with Crippen molar-refractivity contribution in [1.29, 1.82) is 0 Å². The zero-order valence-electron chi connectivity index (χ0n) is 12.2. The Morgan fingerprint density at radius 3 is 2.37 bits per heavy atom. The van der Waals surface area contributed by atoms with Gasteiger partial charge in [0.2, 0.25) is 0 Å². The summed E-state index contributed by atoms with van der Waals surface area (Å²) in [4.78, 5) is 24.2. The van der Waals surface area contributed by atoms with Crippen LogP contribution in [0.1, 0.15) is 13.8 Å². The van der Waals surface area contributed by atoms with E-state index in [2.05, 4.69) is 10.6 Å². The van der Waals surface area contributed by atoms with E-state index in [0.29, 0.717) is 19.8 Å². The predicted molar refractivity (Wildman–Crippen MR) is 72.2 cm³/mol. The third-order valence-electron chi connectivity index (χ3n) is 2.48. The van der Waals surface area contributed by atoms with E-state index >= 15 is 0 Å². The van der Waals surface area contributed by atoms with Crippen LogP contribution in [0.2, 0.25) is 0 Å². The average Bonchev–Trinajstić information content (AvgIpc) is 2.30. The summed E-state index contributed by atoms with van der Waals surface area (Å²) in [6.45, 7) is 5.47. The molecule has 0 aliphatic carbocycles. The number of carboxylic acid groups (broad SMARTS) is 1. The fourth-order valence-electron chi connectivity index (χ4n) is 1.03. The zero-order valence-corrected chi connectivity index (χ0v) is 12.2. The summed E-state index contributed by atoms with van der Waals surface area (Å²) in [6.07, 6.45) is 0. The molecule has 3 N–H and O–H groups in total. The van der Waals surface area contributed by atoms with E-state index in [1.54, 1.807) is 13.8 Å². The quantitative estimate of drug-likeness (QED) is 0.514. The summed E-state index contributed by atoms with van der Waals surface area (Å²) in [5.41, 5.74) is -0.973. The lowest BCUT2D eigenvalue weighted by Gasteiger charge is -2.19. The lowest BCUT2D eigenvalue weighted by Crippen LogP contribution is -2.44. The van der Waals surface area contributed by atoms with Gasteiger partial charge in [0, 0.05) is 19.6 Å². The number of nitrogens with zero attached hydrogens (tertiary/aromatic N) is 1. The molecule has 7 heteroatoms. The van der Waals surface area contributed by atoms with Crippen molar-refractivity contribution >= 4 is 12.0 Å². The minimum Gasteiger partial charge on any atom is -0.481 e. The summed E-state index contributed by atoms with van der Waals surface area (Å²) in [7, 11) is 3.92. The summed E-state index contributed by atoms with van der Waals surface area (Å²) < 4.78 is 5.30. The highest BCUT2D eigenvalue weighted by atomic mass is 16.5. The van der Waals surface area contributed by atoms with E-state index in [-0.39, 0.29) is 12.6 Å². The molecule has 0 aliphatic rings. The van der Waals surface area contributed by atoms with E-state index in [9.17, 15) is 9.59 Å². The lowest BCUT2D eigenvalue weighted by atomic mass is 9.94. The minimum atomic E-state index is -0.973. The molecule has 0 spiro atoms. The topological polar surface area (TPSA) is 90.9 Å². The number of aliphatic carboxylic acids is 1. The van der Waals surface area contributed by atoms with E-state index in [1.807, 2.05) is 19.0 Å². The van der Waals surface area contributed by atoms with Gasteiger partial charge >= 0.3 is 12.0 Å². The van der Waals surface area contributed by atoms with Crippen molar-refractivity contribution in [3.8, 4) is 0 Å². The van der Waals surface area contributed by atoms with E-state index in [4.69, 9.17) is 9.84 Å². The van der Waals surface area contributed by atoms with E-state index in [1.165, 1.54) is 0 Å². The van der Waals surface area contributed by atoms with Gasteiger partial charge in [-0.3, -0.25) is 4.79 Å². The van der Waals surface area contributed by atoms with Gasteiger partial charge in [0.15, 0.2) is 0 Å². The molecular formula is C12H25N3O4. The molecule has 0 aromatic carbocycles. The fourth-order valence-corrected chi connectivity index (χ4v) is 1.03. The Morgan fingerprint density at radius 1 is 1.21 bits per heavy atom. The first-order chi connectivity index (χ1) is 8.75. The van der Waals surface area contributed by atoms with Crippen LogP contribution in [0.25, 0.3) is 0 Å². The Bertz CT molecular complexity index is 293. The number of amides is 2. The molecule has 2 amide bonds. The number of carbonyl (C=O) groups excluding carboxylic acids is 1. The number of rotatable bonds is 9. The number of urea groups is 1. The Hall–Kier alpha value is -1.34. The fraction of sp³-hybridized carbons (Fsp3) is 0.833. The maximum absolute atomic E-state index is 11.4. The molecule has 0 heterocycles. The molecule has 112 valence electrons. The van der Waals surface area contributed by atoms with Crippen LogP contribution in [-0.4, -0.2) is 69.0 Å². The van der Waals surface area contributed by atoms with Gasteiger partial charge in [0.05, 0.1) is 18.6 Å². The molecule has 0 rings (SSSR count). The van der Waals surface area contributed by atoms with Gasteiger partial charge in [0.25, 0.3) is 0 Å². The molecule has 7 nitrogen and oxygen atoms in total. The first-order valence-corrected chi connectivity index (χ1v) is 6.23. The van der Waals surface area contributed by atoms with Gasteiger partial charge in [-0.05, 0) is 27.9 Å². The zero-order chi connectivity index (χ0) is 14.9. The summed E-state index contributed by atoms with van der Waals surface area (Å²) >= 11 is 0. The van der Waals surface area contributed by atoms with Crippen LogP contribution in [-0.2, 0) is 9.53 Å². The molecule has 0 fully saturated rings. The smallest absolute Gasteiger partial charge is 0.314 e. The van der Waals surface area contributed by atoms with E-state index < -0.39 is 11.4 Å². The summed E-state index contributed by atoms with van der Waals surface area (Å²) in [6, 6.07) is -0.384. The largest absolute Gasteiger partial charge is 0.481 e. The van der Waals surface area contributed by atoms with Crippen LogP contribution in [0.3, 0.4) is 0 Å². The molecular weight excluding hydrogens is 250 g/mol. The molecule has 0 saturated heterocycles. The number of carbonyl (C=O) groups is 2. The highest BCUT2D eigenvalue weighted by Gasteiger charge is 2.27. The Labute approximate surface area is 114 Å². The standard InChI is InChI=1S/C12H25N3O4/c1-12(2,10(16)17)9-14-11(18)13-5-7-19-8-6-15(3)4/h5-9H2,1-4H3,(H,16,17)(H2,13,14,18). The second kappa shape index (κ2) is 8.71. The van der Waals surface area contributed by atoms with Crippen LogP contribution in [0, 0.1) is 5.41 Å². The number of hydrogen-bond donors (Lipinski definition) is 3. The molecule has 0 atom stereocenters. The van der Waals surface area contributed by atoms with Crippen molar-refractivity contribution in [2.24, 2.45) is 5.41 Å². The van der Waals surface area contributed by atoms with Gasteiger partial charge in [-0.1, -0.05) is 0 Å². The van der Waals surface area contributed by atoms with Crippen molar-refractivity contribution in [2.75, 3.05) is 46.9 Å².